The van der Waals surface area contributed by atoms with Crippen LogP contribution in [0.3, 0.4) is 0 Å². The zero-order valence-corrected chi connectivity index (χ0v) is 12.5. The molecule has 0 fully saturated rings. The average molecular weight is 365 g/mol. The third-order valence-corrected chi connectivity index (χ3v) is 3.26. The van der Waals surface area contributed by atoms with Gasteiger partial charge in [-0.05, 0) is 43.8 Å². The summed E-state index contributed by atoms with van der Waals surface area (Å²) in [6.07, 6.45) is 0.169. The summed E-state index contributed by atoms with van der Waals surface area (Å²) in [7, 11) is 0. The lowest BCUT2D eigenvalue weighted by Crippen LogP contribution is -2.04. The van der Waals surface area contributed by atoms with Gasteiger partial charge < -0.3 is 14.3 Å². The van der Waals surface area contributed by atoms with Gasteiger partial charge in [-0.2, -0.15) is 4.98 Å². The number of ether oxygens (including phenoxy) is 1. The molecule has 0 radical (unpaired) electrons. The minimum absolute atomic E-state index is 0.0475. The number of benzene rings is 1. The molecule has 2 aromatic rings. The molecule has 0 saturated heterocycles. The highest BCUT2D eigenvalue weighted by atomic mass is 79.9. The van der Waals surface area contributed by atoms with Crippen molar-refractivity contribution in [2.45, 2.75) is 13.8 Å². The molecule has 92 valence electrons. The van der Waals surface area contributed by atoms with Crippen LogP contribution in [0.25, 0.3) is 11.1 Å². The first-order valence-corrected chi connectivity index (χ1v) is 6.68. The molecular weight excluding hydrogens is 354 g/mol. The fraction of sp³-hybridized carbons (Fsp3) is 0.364. The third kappa shape index (κ3) is 2.57. The SMILES string of the molecule is CC(C)COc1nc2c(O)c(Br)cc(Br)c2o1. The molecule has 4 nitrogen and oxygen atoms in total. The van der Waals surface area contributed by atoms with Gasteiger partial charge >= 0.3 is 6.08 Å². The Hall–Kier alpha value is -0.750. The lowest BCUT2D eigenvalue weighted by Gasteiger charge is -2.02. The normalized spacial score (nSPS) is 11.4. The molecular formula is C11H11Br2NO3. The Balaban J connectivity index is 2.43. The van der Waals surface area contributed by atoms with E-state index in [1.165, 1.54) is 0 Å². The Morgan fingerprint density at radius 2 is 2.12 bits per heavy atom. The van der Waals surface area contributed by atoms with E-state index in [-0.39, 0.29) is 11.8 Å². The largest absolute Gasteiger partial charge is 0.504 e. The van der Waals surface area contributed by atoms with Gasteiger partial charge in [-0.25, -0.2) is 0 Å². The summed E-state index contributed by atoms with van der Waals surface area (Å²) in [5.41, 5.74) is 0.856. The Morgan fingerprint density at radius 3 is 2.76 bits per heavy atom. The number of nitrogens with zero attached hydrogens (tertiary/aromatic N) is 1. The first-order valence-electron chi connectivity index (χ1n) is 5.09. The van der Waals surface area contributed by atoms with E-state index in [0.29, 0.717) is 32.6 Å². The van der Waals surface area contributed by atoms with Gasteiger partial charge in [0.2, 0.25) is 0 Å². The lowest BCUT2D eigenvalue weighted by molar-refractivity contribution is 0.207. The van der Waals surface area contributed by atoms with Crippen molar-refractivity contribution in [3.63, 3.8) is 0 Å². The van der Waals surface area contributed by atoms with E-state index in [4.69, 9.17) is 9.15 Å². The molecule has 1 heterocycles. The van der Waals surface area contributed by atoms with Gasteiger partial charge in [0.25, 0.3) is 0 Å². The van der Waals surface area contributed by atoms with E-state index in [9.17, 15) is 5.11 Å². The second-order valence-electron chi connectivity index (χ2n) is 4.05. The van der Waals surface area contributed by atoms with Crippen molar-refractivity contribution in [2.75, 3.05) is 6.61 Å². The number of rotatable bonds is 3. The molecule has 0 spiro atoms. The number of oxazole rings is 1. The molecule has 0 aliphatic rings. The minimum atomic E-state index is 0.0475. The standard InChI is InChI=1S/C11H11Br2NO3/c1-5(2)4-16-11-14-8-9(15)6(12)3-7(13)10(8)17-11/h3,5,15H,4H2,1-2H3. The molecule has 0 saturated carbocycles. The first-order chi connectivity index (χ1) is 7.99. The first kappa shape index (κ1) is 12.7. The number of fused-ring (bicyclic) bond motifs is 1. The molecule has 0 unspecified atom stereocenters. The maximum absolute atomic E-state index is 9.83. The molecule has 6 heteroatoms. The van der Waals surface area contributed by atoms with Crippen LogP contribution in [0.2, 0.25) is 0 Å². The van der Waals surface area contributed by atoms with Gasteiger partial charge in [-0.3, -0.25) is 0 Å². The van der Waals surface area contributed by atoms with E-state index in [1.54, 1.807) is 6.07 Å². The van der Waals surface area contributed by atoms with E-state index >= 15 is 0 Å². The molecule has 17 heavy (non-hydrogen) atoms. The Bertz CT molecular complexity index is 551. The van der Waals surface area contributed by atoms with Gasteiger partial charge in [-0.1, -0.05) is 13.8 Å². The number of phenolic OH excluding ortho intramolecular Hbond substituents is 1. The monoisotopic (exact) mass is 363 g/mol. The van der Waals surface area contributed by atoms with Crippen LogP contribution in [0.4, 0.5) is 0 Å². The zero-order valence-electron chi connectivity index (χ0n) is 9.33. The summed E-state index contributed by atoms with van der Waals surface area (Å²) < 4.78 is 12.1. The second-order valence-corrected chi connectivity index (χ2v) is 5.76. The van der Waals surface area contributed by atoms with Crippen LogP contribution in [-0.2, 0) is 0 Å². The highest BCUT2D eigenvalue weighted by Crippen LogP contribution is 2.39. The summed E-state index contributed by atoms with van der Waals surface area (Å²) in [5.74, 6) is 0.431. The topological polar surface area (TPSA) is 55.5 Å². The molecule has 1 N–H and O–H groups in total. The summed E-state index contributed by atoms with van der Waals surface area (Å²) in [4.78, 5) is 4.11. The lowest BCUT2D eigenvalue weighted by atomic mass is 10.2. The number of phenols is 1. The zero-order chi connectivity index (χ0) is 12.6. The predicted molar refractivity (Wildman–Crippen MR) is 71.4 cm³/mol. The molecule has 0 bridgehead atoms. The van der Waals surface area contributed by atoms with Gasteiger partial charge in [0.15, 0.2) is 16.8 Å². The van der Waals surface area contributed by atoms with E-state index in [2.05, 4.69) is 36.8 Å². The summed E-state index contributed by atoms with van der Waals surface area (Å²) >= 11 is 6.58. The highest BCUT2D eigenvalue weighted by Gasteiger charge is 2.16. The van der Waals surface area contributed by atoms with Crippen molar-refractivity contribution in [1.29, 1.82) is 0 Å². The minimum Gasteiger partial charge on any atom is -0.504 e. The van der Waals surface area contributed by atoms with Gasteiger partial charge in [0.1, 0.15) is 0 Å². The van der Waals surface area contributed by atoms with Crippen LogP contribution in [0, 0.1) is 5.92 Å². The van der Waals surface area contributed by atoms with Crippen molar-refractivity contribution in [1.82, 2.24) is 4.98 Å². The fourth-order valence-corrected chi connectivity index (χ4v) is 2.50. The number of hydrogen-bond acceptors (Lipinski definition) is 4. The number of hydrogen-bond donors (Lipinski definition) is 1. The van der Waals surface area contributed by atoms with E-state index in [0.717, 1.165) is 0 Å². The van der Waals surface area contributed by atoms with Crippen LogP contribution in [0.5, 0.6) is 11.8 Å². The van der Waals surface area contributed by atoms with Crippen LogP contribution in [-0.4, -0.2) is 16.7 Å². The highest BCUT2D eigenvalue weighted by molar-refractivity contribution is 9.11. The number of halogens is 2. The van der Waals surface area contributed by atoms with Gasteiger partial charge in [0, 0.05) is 0 Å². The van der Waals surface area contributed by atoms with Gasteiger partial charge in [-0.15, -0.1) is 0 Å². The van der Waals surface area contributed by atoms with Gasteiger partial charge in [0.05, 0.1) is 15.6 Å². The molecule has 0 amide bonds. The molecule has 1 aromatic heterocycles. The summed E-state index contributed by atoms with van der Waals surface area (Å²) in [5, 5.41) is 9.83. The molecule has 0 aliphatic carbocycles. The number of aromatic hydroxyl groups is 1. The van der Waals surface area contributed by atoms with Crippen molar-refractivity contribution in [2.24, 2.45) is 5.92 Å². The Labute approximate surface area is 115 Å². The van der Waals surface area contributed by atoms with E-state index < -0.39 is 0 Å². The molecule has 1 aromatic carbocycles. The fourth-order valence-electron chi connectivity index (χ4n) is 1.28. The molecule has 0 atom stereocenters. The maximum atomic E-state index is 9.83. The van der Waals surface area contributed by atoms with E-state index in [1.807, 2.05) is 13.8 Å². The van der Waals surface area contributed by atoms with Crippen LogP contribution >= 0.6 is 31.9 Å². The third-order valence-electron chi connectivity index (χ3n) is 2.07. The van der Waals surface area contributed by atoms with Crippen LogP contribution in [0.1, 0.15) is 13.8 Å². The quantitative estimate of drug-likeness (QED) is 0.890. The summed E-state index contributed by atoms with van der Waals surface area (Å²) in [6, 6.07) is 1.70. The Kier molecular flexibility index (Phi) is 3.63. The number of aromatic nitrogens is 1. The van der Waals surface area contributed by atoms with Crippen LogP contribution < -0.4 is 4.74 Å². The molecule has 0 aliphatic heterocycles. The predicted octanol–water partition coefficient (Wildman–Crippen LogP) is 4.09. The molecule has 2 rings (SSSR count). The second kappa shape index (κ2) is 4.86. The Morgan fingerprint density at radius 1 is 1.41 bits per heavy atom. The van der Waals surface area contributed by atoms with Crippen molar-refractivity contribution in [3.8, 4) is 11.8 Å². The maximum Gasteiger partial charge on any atom is 0.394 e. The van der Waals surface area contributed by atoms with Crippen molar-refractivity contribution in [3.05, 3.63) is 15.0 Å². The smallest absolute Gasteiger partial charge is 0.394 e. The van der Waals surface area contributed by atoms with Crippen molar-refractivity contribution >= 4 is 43.0 Å². The van der Waals surface area contributed by atoms with Crippen LogP contribution in [0.15, 0.2) is 19.4 Å². The van der Waals surface area contributed by atoms with Crippen molar-refractivity contribution < 1.29 is 14.3 Å². The summed E-state index contributed by atoms with van der Waals surface area (Å²) in [6.45, 7) is 4.59. The average Bonchev–Trinajstić information content (AvgIpc) is 2.68.